The van der Waals surface area contributed by atoms with Crippen LogP contribution in [0.3, 0.4) is 0 Å². The van der Waals surface area contributed by atoms with Gasteiger partial charge in [-0.1, -0.05) is 29.8 Å². The lowest BCUT2D eigenvalue weighted by atomic mass is 9.97. The molecule has 2 N–H and O–H groups in total. The molecule has 0 saturated carbocycles. The van der Waals surface area contributed by atoms with Crippen molar-refractivity contribution in [3.8, 4) is 0 Å². The van der Waals surface area contributed by atoms with E-state index in [9.17, 15) is 14.0 Å². The molecule has 6 heteroatoms. The second kappa shape index (κ2) is 10.1. The van der Waals surface area contributed by atoms with Gasteiger partial charge in [-0.15, -0.1) is 0 Å². The summed E-state index contributed by atoms with van der Waals surface area (Å²) in [6, 6.07) is 13.5. The maximum absolute atomic E-state index is 13.1. The molecule has 1 saturated heterocycles. The molecule has 0 bridgehead atoms. The maximum atomic E-state index is 13.1. The molecule has 0 spiro atoms. The normalized spacial score (nSPS) is 16.8. The molecule has 30 heavy (non-hydrogen) atoms. The van der Waals surface area contributed by atoms with Crippen LogP contribution in [0.15, 0.2) is 54.6 Å². The highest BCUT2D eigenvalue weighted by molar-refractivity contribution is 5.95. The maximum Gasteiger partial charge on any atom is 0.319 e. The Kier molecular flexibility index (Phi) is 7.22. The molecule has 0 aromatic heterocycles. The molecule has 5 nitrogen and oxygen atoms in total. The van der Waals surface area contributed by atoms with Crippen LogP contribution in [0.25, 0.3) is 5.57 Å². The number of anilines is 1. The first-order valence-electron chi connectivity index (χ1n) is 10.3. The number of amides is 3. The molecule has 0 aliphatic carbocycles. The predicted molar refractivity (Wildman–Crippen MR) is 118 cm³/mol. The van der Waals surface area contributed by atoms with Gasteiger partial charge in [-0.3, -0.25) is 4.79 Å². The van der Waals surface area contributed by atoms with Crippen molar-refractivity contribution in [1.29, 1.82) is 0 Å². The largest absolute Gasteiger partial charge is 0.339 e. The first-order chi connectivity index (χ1) is 14.4. The highest BCUT2D eigenvalue weighted by Crippen LogP contribution is 2.19. The van der Waals surface area contributed by atoms with E-state index >= 15 is 0 Å². The van der Waals surface area contributed by atoms with Crippen molar-refractivity contribution in [2.45, 2.75) is 26.7 Å². The van der Waals surface area contributed by atoms with Gasteiger partial charge in [0.05, 0.1) is 0 Å². The molecule has 3 amide bonds. The number of allylic oxidation sites excluding steroid dienone is 1. The minimum atomic E-state index is -0.296. The monoisotopic (exact) mass is 409 g/mol. The SMILES string of the molecule is C/C(=C\C(=O)N1CCCC(CNC(=O)Nc2ccc(C)cc2)C1)c1ccc(F)cc1. The molecule has 1 aliphatic heterocycles. The molecule has 3 rings (SSSR count). The van der Waals surface area contributed by atoms with E-state index in [-0.39, 0.29) is 23.7 Å². The lowest BCUT2D eigenvalue weighted by molar-refractivity contribution is -0.127. The van der Waals surface area contributed by atoms with Crippen molar-refractivity contribution in [1.82, 2.24) is 10.2 Å². The van der Waals surface area contributed by atoms with Gasteiger partial charge in [0.25, 0.3) is 0 Å². The highest BCUT2D eigenvalue weighted by Gasteiger charge is 2.23. The molecule has 0 radical (unpaired) electrons. The number of piperidine rings is 1. The number of benzene rings is 2. The lowest BCUT2D eigenvalue weighted by Crippen LogP contribution is -2.43. The number of hydrogen-bond donors (Lipinski definition) is 2. The van der Waals surface area contributed by atoms with Crippen LogP contribution in [0, 0.1) is 18.7 Å². The number of carbonyl (C=O) groups is 2. The van der Waals surface area contributed by atoms with Gasteiger partial charge in [0, 0.05) is 31.4 Å². The number of aryl methyl sites for hydroxylation is 1. The van der Waals surface area contributed by atoms with Gasteiger partial charge in [-0.2, -0.15) is 0 Å². The van der Waals surface area contributed by atoms with E-state index in [0.29, 0.717) is 19.6 Å². The van der Waals surface area contributed by atoms with Gasteiger partial charge < -0.3 is 15.5 Å². The fourth-order valence-corrected chi connectivity index (χ4v) is 3.55. The molecular formula is C24H28FN3O2. The molecule has 1 fully saturated rings. The van der Waals surface area contributed by atoms with Crippen molar-refractivity contribution >= 4 is 23.2 Å². The summed E-state index contributed by atoms with van der Waals surface area (Å²) in [6.07, 6.45) is 3.48. The summed E-state index contributed by atoms with van der Waals surface area (Å²) in [5, 5.41) is 5.73. The summed E-state index contributed by atoms with van der Waals surface area (Å²) in [6.45, 7) is 5.68. The molecule has 2 aromatic rings. The van der Waals surface area contributed by atoms with Crippen LogP contribution < -0.4 is 10.6 Å². The Hall–Kier alpha value is -3.15. The van der Waals surface area contributed by atoms with Gasteiger partial charge >= 0.3 is 6.03 Å². The summed E-state index contributed by atoms with van der Waals surface area (Å²) in [4.78, 5) is 26.6. The molecule has 1 unspecified atom stereocenters. The topological polar surface area (TPSA) is 61.4 Å². The molecule has 2 aromatic carbocycles. The predicted octanol–water partition coefficient (Wildman–Crippen LogP) is 4.60. The van der Waals surface area contributed by atoms with Gasteiger partial charge in [-0.25, -0.2) is 9.18 Å². The zero-order valence-electron chi connectivity index (χ0n) is 17.5. The standard InChI is InChI=1S/C24H28FN3O2/c1-17-5-11-22(12-6-17)27-24(30)26-15-19-4-3-13-28(16-19)23(29)14-18(2)20-7-9-21(25)10-8-20/h5-12,14,19H,3-4,13,15-16H2,1-2H3,(H2,26,27,30)/b18-14+. The first kappa shape index (κ1) is 21.6. The highest BCUT2D eigenvalue weighted by atomic mass is 19.1. The number of hydrogen-bond acceptors (Lipinski definition) is 2. The second-order valence-electron chi connectivity index (χ2n) is 7.83. The van der Waals surface area contributed by atoms with Crippen LogP contribution in [0.1, 0.15) is 30.9 Å². The number of nitrogens with zero attached hydrogens (tertiary/aromatic N) is 1. The summed E-state index contributed by atoms with van der Waals surface area (Å²) in [5.74, 6) is -0.132. The van der Waals surface area contributed by atoms with E-state index in [2.05, 4.69) is 10.6 Å². The molecule has 158 valence electrons. The fraction of sp³-hybridized carbons (Fsp3) is 0.333. The van der Waals surface area contributed by atoms with Crippen LogP contribution in [-0.2, 0) is 4.79 Å². The van der Waals surface area contributed by atoms with Crippen LogP contribution in [0.2, 0.25) is 0 Å². The Morgan fingerprint density at radius 3 is 2.53 bits per heavy atom. The van der Waals surface area contributed by atoms with Gasteiger partial charge in [0.2, 0.25) is 5.91 Å². The van der Waals surface area contributed by atoms with Gasteiger partial charge in [-0.05, 0) is 68.0 Å². The second-order valence-corrected chi connectivity index (χ2v) is 7.83. The number of halogens is 1. The number of urea groups is 1. The molecule has 1 aliphatic rings. The summed E-state index contributed by atoms with van der Waals surface area (Å²) >= 11 is 0. The van der Waals surface area contributed by atoms with E-state index in [1.807, 2.05) is 43.0 Å². The summed E-state index contributed by atoms with van der Waals surface area (Å²) in [7, 11) is 0. The fourth-order valence-electron chi connectivity index (χ4n) is 3.55. The van der Waals surface area contributed by atoms with Crippen LogP contribution >= 0.6 is 0 Å². The quantitative estimate of drug-likeness (QED) is 0.709. The van der Waals surface area contributed by atoms with E-state index in [1.54, 1.807) is 18.2 Å². The van der Waals surface area contributed by atoms with E-state index in [0.717, 1.165) is 35.2 Å². The minimum absolute atomic E-state index is 0.0503. The average molecular weight is 410 g/mol. The van der Waals surface area contributed by atoms with Crippen LogP contribution in [0.4, 0.5) is 14.9 Å². The zero-order chi connectivity index (χ0) is 21.5. The van der Waals surface area contributed by atoms with Crippen molar-refractivity contribution in [3.63, 3.8) is 0 Å². The third-order valence-electron chi connectivity index (χ3n) is 5.33. The number of rotatable bonds is 5. The van der Waals surface area contributed by atoms with Crippen molar-refractivity contribution < 1.29 is 14.0 Å². The first-order valence-corrected chi connectivity index (χ1v) is 10.3. The van der Waals surface area contributed by atoms with Gasteiger partial charge in [0.15, 0.2) is 0 Å². The van der Waals surface area contributed by atoms with E-state index in [4.69, 9.17) is 0 Å². The Morgan fingerprint density at radius 2 is 1.83 bits per heavy atom. The number of likely N-dealkylation sites (tertiary alicyclic amines) is 1. The summed E-state index contributed by atoms with van der Waals surface area (Å²) < 4.78 is 13.1. The molecule has 1 atom stereocenters. The van der Waals surface area contributed by atoms with Crippen molar-refractivity contribution in [2.75, 3.05) is 25.0 Å². The summed E-state index contributed by atoms with van der Waals surface area (Å²) in [5.41, 5.74) is 3.52. The third kappa shape index (κ3) is 6.17. The third-order valence-corrected chi connectivity index (χ3v) is 5.33. The van der Waals surface area contributed by atoms with Crippen LogP contribution in [-0.4, -0.2) is 36.5 Å². The Morgan fingerprint density at radius 1 is 1.13 bits per heavy atom. The molecular weight excluding hydrogens is 381 g/mol. The van der Waals surface area contributed by atoms with Crippen molar-refractivity contribution in [3.05, 3.63) is 71.6 Å². The average Bonchev–Trinajstić information content (AvgIpc) is 2.74. The van der Waals surface area contributed by atoms with Crippen molar-refractivity contribution in [2.24, 2.45) is 5.92 Å². The smallest absolute Gasteiger partial charge is 0.319 e. The van der Waals surface area contributed by atoms with E-state index < -0.39 is 0 Å². The Balaban J connectivity index is 1.50. The lowest BCUT2D eigenvalue weighted by Gasteiger charge is -2.32. The van der Waals surface area contributed by atoms with Gasteiger partial charge in [0.1, 0.15) is 5.82 Å². The Bertz CT molecular complexity index is 907. The zero-order valence-corrected chi connectivity index (χ0v) is 17.5. The van der Waals surface area contributed by atoms with E-state index in [1.165, 1.54) is 12.1 Å². The minimum Gasteiger partial charge on any atom is -0.339 e. The van der Waals surface area contributed by atoms with Crippen LogP contribution in [0.5, 0.6) is 0 Å². The molecule has 1 heterocycles. The number of carbonyl (C=O) groups excluding carboxylic acids is 2. The number of nitrogens with one attached hydrogen (secondary N) is 2. The Labute approximate surface area is 177 Å².